The van der Waals surface area contributed by atoms with Crippen molar-refractivity contribution in [3.63, 3.8) is 0 Å². The van der Waals surface area contributed by atoms with Gasteiger partial charge in [0, 0.05) is 42.7 Å². The average Bonchev–Trinajstić information content (AvgIpc) is 3.00. The van der Waals surface area contributed by atoms with Crippen LogP contribution in [0.2, 0.25) is 5.04 Å². The van der Waals surface area contributed by atoms with Gasteiger partial charge >= 0.3 is 0 Å². The molecule has 0 aliphatic heterocycles. The summed E-state index contributed by atoms with van der Waals surface area (Å²) < 4.78 is 0. The molecule has 1 radical (unpaired) electrons. The van der Waals surface area contributed by atoms with Crippen LogP contribution in [-0.4, -0.2) is 29.7 Å². The molecule has 0 bridgehead atoms. The fourth-order valence-electron chi connectivity index (χ4n) is 5.85. The molecule has 1 aliphatic rings. The van der Waals surface area contributed by atoms with Crippen LogP contribution in [0.5, 0.6) is 0 Å². The molecule has 43 heavy (non-hydrogen) atoms. The van der Waals surface area contributed by atoms with E-state index >= 15 is 0 Å². The Kier molecular flexibility index (Phi) is 9.65. The van der Waals surface area contributed by atoms with Crippen LogP contribution in [0.1, 0.15) is 50.8 Å². The Bertz CT molecular complexity index is 1590. The highest BCUT2D eigenvalue weighted by molar-refractivity contribution is 7.81. The molecule has 0 fully saturated rings. The van der Waals surface area contributed by atoms with Crippen molar-refractivity contribution in [2.75, 3.05) is 5.32 Å². The van der Waals surface area contributed by atoms with E-state index in [1.54, 1.807) is 12.4 Å². The second-order valence-electron chi connectivity index (χ2n) is 12.0. The number of aliphatic hydroxyl groups is 1. The molecule has 1 heterocycles. The number of thiocarbonyl (C=S) groups is 1. The number of aliphatic hydroxyl groups excluding tert-OH is 1. The lowest BCUT2D eigenvalue weighted by molar-refractivity contribution is -0.117. The van der Waals surface area contributed by atoms with Crippen molar-refractivity contribution in [3.05, 3.63) is 132 Å². The Morgan fingerprint density at radius 3 is 2.23 bits per heavy atom. The Hall–Kier alpha value is -3.91. The predicted molar refractivity (Wildman–Crippen MR) is 181 cm³/mol. The third-order valence-corrected chi connectivity index (χ3v) is 11.5. The average molecular weight is 605 g/mol. The number of hydrogen-bond acceptors (Lipinski definition) is 5. The molecule has 0 saturated heterocycles. The number of carbonyl (C=O) groups is 1. The van der Waals surface area contributed by atoms with E-state index < -0.39 is 14.9 Å². The van der Waals surface area contributed by atoms with Gasteiger partial charge in [-0.05, 0) is 52.0 Å². The van der Waals surface area contributed by atoms with Crippen LogP contribution in [0.3, 0.4) is 0 Å². The van der Waals surface area contributed by atoms with E-state index in [-0.39, 0.29) is 23.2 Å². The molecular formula is C36H38N3O2SSi. The minimum atomic E-state index is -1.27. The maximum absolute atomic E-state index is 13.9. The standard InChI is InChI=1S/C36H38N3O2SSi/c1-36(2,3)43(28-14-8-5-9-15-28)32-17-11-10-16-29(32)34(41)26-22-30(38-24-25-18-20-37-21-19-25)33(31(40)23-26)35(42)39-27-12-6-4-7-13-27/h4-21,26,34,38,41H,22-24H2,1-3H3,(H,39,42). The molecule has 3 N–H and O–H groups in total. The van der Waals surface area contributed by atoms with Gasteiger partial charge in [-0.1, -0.05) is 111 Å². The van der Waals surface area contributed by atoms with E-state index in [0.29, 0.717) is 23.5 Å². The zero-order valence-corrected chi connectivity index (χ0v) is 26.7. The van der Waals surface area contributed by atoms with Gasteiger partial charge < -0.3 is 15.7 Å². The highest BCUT2D eigenvalue weighted by atomic mass is 32.1. The first-order valence-electron chi connectivity index (χ1n) is 14.7. The zero-order chi connectivity index (χ0) is 30.4. The minimum absolute atomic E-state index is 0.00382. The molecule has 0 spiro atoms. The molecule has 3 aromatic carbocycles. The second kappa shape index (κ2) is 13.6. The molecule has 219 valence electrons. The number of aromatic nitrogens is 1. The van der Waals surface area contributed by atoms with Crippen molar-refractivity contribution in [1.82, 2.24) is 10.3 Å². The summed E-state index contributed by atoms with van der Waals surface area (Å²) in [6, 6.07) is 32.4. The van der Waals surface area contributed by atoms with Crippen LogP contribution in [0.4, 0.5) is 5.69 Å². The van der Waals surface area contributed by atoms with Crippen LogP contribution in [0.15, 0.2) is 121 Å². The number of rotatable bonds is 9. The first kappa shape index (κ1) is 30.5. The highest BCUT2D eigenvalue weighted by Crippen LogP contribution is 2.37. The van der Waals surface area contributed by atoms with Crippen molar-refractivity contribution in [1.29, 1.82) is 0 Å². The number of allylic oxidation sites excluding steroid dienone is 1. The topological polar surface area (TPSA) is 74.2 Å². The number of anilines is 1. The van der Waals surface area contributed by atoms with Crippen molar-refractivity contribution >= 4 is 47.8 Å². The molecule has 0 saturated carbocycles. The van der Waals surface area contributed by atoms with Gasteiger partial charge in [-0.3, -0.25) is 9.78 Å². The second-order valence-corrected chi connectivity index (χ2v) is 15.8. The molecule has 7 heteroatoms. The number of nitrogens with zero attached hydrogens (tertiary/aromatic N) is 1. The fraction of sp³-hybridized carbons (Fsp3) is 0.250. The van der Waals surface area contributed by atoms with Crippen LogP contribution >= 0.6 is 12.2 Å². The number of hydrogen-bond donors (Lipinski definition) is 3. The quantitative estimate of drug-likeness (QED) is 0.161. The van der Waals surface area contributed by atoms with Crippen LogP contribution in [0.25, 0.3) is 0 Å². The third kappa shape index (κ3) is 7.36. The van der Waals surface area contributed by atoms with Crippen molar-refractivity contribution in [3.8, 4) is 0 Å². The lowest BCUT2D eigenvalue weighted by atomic mass is 9.80. The van der Waals surface area contributed by atoms with E-state index in [2.05, 4.69) is 72.8 Å². The number of para-hydroxylation sites is 1. The summed E-state index contributed by atoms with van der Waals surface area (Å²) in [4.78, 5) is 18.4. The SMILES string of the molecule is CC(C)(C)[Si](c1ccccc1)c1ccccc1C(O)C1CC(=O)C(C(=S)Nc2ccccc2)=C(NCc2ccncc2)C1. The molecular weight excluding hydrogens is 567 g/mol. The van der Waals surface area contributed by atoms with Crippen LogP contribution < -0.4 is 21.0 Å². The first-order valence-corrected chi connectivity index (χ1v) is 16.6. The van der Waals surface area contributed by atoms with Gasteiger partial charge in [0.2, 0.25) is 0 Å². The maximum atomic E-state index is 13.9. The Balaban J connectivity index is 1.48. The van der Waals surface area contributed by atoms with Gasteiger partial charge in [-0.15, -0.1) is 0 Å². The molecule has 0 amide bonds. The first-order chi connectivity index (χ1) is 20.7. The van der Waals surface area contributed by atoms with Gasteiger partial charge in [-0.2, -0.15) is 0 Å². The number of carbonyl (C=O) groups excluding carboxylic acids is 1. The minimum Gasteiger partial charge on any atom is -0.388 e. The molecule has 1 aromatic heterocycles. The van der Waals surface area contributed by atoms with Crippen molar-refractivity contribution in [2.24, 2.45) is 5.92 Å². The van der Waals surface area contributed by atoms with E-state index in [4.69, 9.17) is 12.2 Å². The molecule has 5 rings (SSSR count). The van der Waals surface area contributed by atoms with Gasteiger partial charge in [0.15, 0.2) is 5.78 Å². The molecule has 2 unspecified atom stereocenters. The predicted octanol–water partition coefficient (Wildman–Crippen LogP) is 5.99. The number of ketones is 1. The van der Waals surface area contributed by atoms with E-state index in [1.807, 2.05) is 60.7 Å². The van der Waals surface area contributed by atoms with Gasteiger partial charge in [-0.25, -0.2) is 0 Å². The lowest BCUT2D eigenvalue weighted by Gasteiger charge is -2.35. The Labute approximate surface area is 261 Å². The highest BCUT2D eigenvalue weighted by Gasteiger charge is 2.38. The monoisotopic (exact) mass is 604 g/mol. The summed E-state index contributed by atoms with van der Waals surface area (Å²) in [7, 11) is -1.27. The van der Waals surface area contributed by atoms with E-state index in [1.165, 1.54) is 10.4 Å². The molecule has 2 atom stereocenters. The summed E-state index contributed by atoms with van der Waals surface area (Å²) in [6.45, 7) is 7.35. The summed E-state index contributed by atoms with van der Waals surface area (Å²) in [6.07, 6.45) is 3.42. The summed E-state index contributed by atoms with van der Waals surface area (Å²) in [5.41, 5.74) is 4.04. The Morgan fingerprint density at radius 1 is 0.930 bits per heavy atom. The summed E-state index contributed by atoms with van der Waals surface area (Å²) in [5.74, 6) is -0.362. The third-order valence-electron chi connectivity index (χ3n) is 7.82. The van der Waals surface area contributed by atoms with Crippen molar-refractivity contribution in [2.45, 2.75) is 51.3 Å². The molecule has 5 nitrogen and oxygen atoms in total. The smallest absolute Gasteiger partial charge is 0.167 e. The number of pyridine rings is 1. The molecule has 1 aliphatic carbocycles. The zero-order valence-electron chi connectivity index (χ0n) is 24.9. The summed E-state index contributed by atoms with van der Waals surface area (Å²) >= 11 is 5.79. The van der Waals surface area contributed by atoms with Crippen LogP contribution in [-0.2, 0) is 11.3 Å². The number of Topliss-reactive ketones (excluding diaryl/α,β-unsaturated/α-hetero) is 1. The molecule has 4 aromatic rings. The number of benzene rings is 3. The fourth-order valence-corrected chi connectivity index (χ4v) is 9.50. The van der Waals surface area contributed by atoms with Crippen molar-refractivity contribution < 1.29 is 9.90 Å². The van der Waals surface area contributed by atoms with Crippen LogP contribution in [0, 0.1) is 5.92 Å². The largest absolute Gasteiger partial charge is 0.388 e. The lowest BCUT2D eigenvalue weighted by Crippen LogP contribution is -2.51. The van der Waals surface area contributed by atoms with Gasteiger partial charge in [0.1, 0.15) is 13.8 Å². The van der Waals surface area contributed by atoms with E-state index in [0.717, 1.165) is 22.5 Å². The number of nitrogens with one attached hydrogen (secondary N) is 2. The van der Waals surface area contributed by atoms with Gasteiger partial charge in [0.05, 0.1) is 11.7 Å². The van der Waals surface area contributed by atoms with E-state index in [9.17, 15) is 9.90 Å². The normalized spacial score (nSPS) is 16.2. The van der Waals surface area contributed by atoms with Gasteiger partial charge in [0.25, 0.3) is 0 Å². The maximum Gasteiger partial charge on any atom is 0.167 e. The Morgan fingerprint density at radius 2 is 1.56 bits per heavy atom. The summed E-state index contributed by atoms with van der Waals surface area (Å²) in [5, 5.41) is 21.3.